The SMILES string of the molecule is O=C(NO)C(Cc1csc2ccccc12)NS(=O)(=O)Cc1ccc2sccc2c1. The summed E-state index contributed by atoms with van der Waals surface area (Å²) in [5.74, 6) is -1.05. The summed E-state index contributed by atoms with van der Waals surface area (Å²) in [7, 11) is -3.81. The monoisotopic (exact) mass is 446 g/mol. The van der Waals surface area contributed by atoms with Crippen LogP contribution >= 0.6 is 22.7 Å². The molecule has 2 heterocycles. The number of benzene rings is 2. The Hall–Kier alpha value is -2.30. The first-order valence-electron chi connectivity index (χ1n) is 8.80. The molecule has 29 heavy (non-hydrogen) atoms. The Kier molecular flexibility index (Phi) is 5.66. The quantitative estimate of drug-likeness (QED) is 0.298. The van der Waals surface area contributed by atoms with Crippen LogP contribution in [0.1, 0.15) is 11.1 Å². The van der Waals surface area contributed by atoms with Crippen LogP contribution in [0, 0.1) is 0 Å². The summed E-state index contributed by atoms with van der Waals surface area (Å²) in [6, 6.07) is 14.0. The van der Waals surface area contributed by atoms with Crippen molar-refractivity contribution >= 4 is 58.8 Å². The van der Waals surface area contributed by atoms with E-state index in [4.69, 9.17) is 5.21 Å². The number of hydrogen-bond donors (Lipinski definition) is 3. The molecule has 4 aromatic rings. The maximum Gasteiger partial charge on any atom is 0.261 e. The van der Waals surface area contributed by atoms with Crippen molar-refractivity contribution in [3.63, 3.8) is 0 Å². The topological polar surface area (TPSA) is 95.5 Å². The van der Waals surface area contributed by atoms with Crippen molar-refractivity contribution in [2.75, 3.05) is 0 Å². The fourth-order valence-electron chi connectivity index (χ4n) is 3.26. The van der Waals surface area contributed by atoms with Crippen molar-refractivity contribution in [2.45, 2.75) is 18.2 Å². The molecule has 6 nitrogen and oxygen atoms in total. The van der Waals surface area contributed by atoms with Crippen molar-refractivity contribution in [3.8, 4) is 0 Å². The van der Waals surface area contributed by atoms with Crippen LogP contribution in [-0.4, -0.2) is 25.6 Å². The van der Waals surface area contributed by atoms with Gasteiger partial charge in [-0.3, -0.25) is 10.0 Å². The lowest BCUT2D eigenvalue weighted by Gasteiger charge is -2.17. The number of amides is 1. The Morgan fingerprint density at radius 2 is 1.90 bits per heavy atom. The van der Waals surface area contributed by atoms with Crippen LogP contribution in [0.4, 0.5) is 0 Å². The van der Waals surface area contributed by atoms with E-state index in [9.17, 15) is 13.2 Å². The molecule has 0 aliphatic carbocycles. The molecular formula is C20H18N2O4S3. The molecule has 1 atom stereocenters. The van der Waals surface area contributed by atoms with Gasteiger partial charge in [-0.05, 0) is 63.3 Å². The summed E-state index contributed by atoms with van der Waals surface area (Å²) >= 11 is 3.12. The van der Waals surface area contributed by atoms with Crippen LogP contribution in [-0.2, 0) is 27.0 Å². The van der Waals surface area contributed by atoms with Gasteiger partial charge in [0.15, 0.2) is 0 Å². The van der Waals surface area contributed by atoms with Gasteiger partial charge < -0.3 is 0 Å². The van der Waals surface area contributed by atoms with Gasteiger partial charge in [0.05, 0.1) is 5.75 Å². The number of hydrogen-bond acceptors (Lipinski definition) is 6. The highest BCUT2D eigenvalue weighted by Crippen LogP contribution is 2.27. The second kappa shape index (κ2) is 8.21. The maximum absolute atomic E-state index is 12.7. The maximum atomic E-state index is 12.7. The van der Waals surface area contributed by atoms with E-state index in [0.717, 1.165) is 25.7 Å². The van der Waals surface area contributed by atoms with Crippen LogP contribution in [0.25, 0.3) is 20.2 Å². The average Bonchev–Trinajstić information content (AvgIpc) is 3.33. The third kappa shape index (κ3) is 4.49. The molecule has 0 aliphatic rings. The number of thiophene rings is 2. The third-order valence-electron chi connectivity index (χ3n) is 4.61. The van der Waals surface area contributed by atoms with E-state index in [1.54, 1.807) is 22.9 Å². The fourth-order valence-corrected chi connectivity index (χ4v) is 6.33. The zero-order chi connectivity index (χ0) is 20.4. The van der Waals surface area contributed by atoms with Gasteiger partial charge in [0.25, 0.3) is 5.91 Å². The first-order valence-corrected chi connectivity index (χ1v) is 12.2. The largest absolute Gasteiger partial charge is 0.289 e. The third-order valence-corrected chi connectivity index (χ3v) is 7.87. The minimum Gasteiger partial charge on any atom is -0.289 e. The Morgan fingerprint density at radius 3 is 2.72 bits per heavy atom. The van der Waals surface area contributed by atoms with Gasteiger partial charge in [-0.25, -0.2) is 18.6 Å². The number of nitrogens with one attached hydrogen (secondary N) is 2. The standard InChI is InChI=1S/C20H18N2O4S3/c23-20(21-24)17(10-15-11-28-19-4-2-1-3-16(15)19)22-29(25,26)12-13-5-6-18-14(9-13)7-8-27-18/h1-9,11,17,22,24H,10,12H2,(H,21,23). The number of carbonyl (C=O) groups is 1. The van der Waals surface area contributed by atoms with Crippen molar-refractivity contribution < 1.29 is 18.4 Å². The number of carbonyl (C=O) groups excluding carboxylic acids is 1. The summed E-state index contributed by atoms with van der Waals surface area (Å²) in [5, 5.41) is 14.9. The van der Waals surface area contributed by atoms with E-state index in [0.29, 0.717) is 5.56 Å². The Morgan fingerprint density at radius 1 is 1.07 bits per heavy atom. The van der Waals surface area contributed by atoms with Crippen LogP contribution in [0.15, 0.2) is 59.3 Å². The minimum absolute atomic E-state index is 0.138. The van der Waals surface area contributed by atoms with E-state index in [1.807, 2.05) is 53.2 Å². The lowest BCUT2D eigenvalue weighted by Crippen LogP contribution is -2.47. The predicted octanol–water partition coefficient (Wildman–Crippen LogP) is 3.65. The molecule has 0 spiro atoms. The Balaban J connectivity index is 1.55. The van der Waals surface area contributed by atoms with Gasteiger partial charge in [0, 0.05) is 9.40 Å². The second-order valence-electron chi connectivity index (χ2n) is 6.66. The predicted molar refractivity (Wildman–Crippen MR) is 117 cm³/mol. The molecule has 0 radical (unpaired) electrons. The van der Waals surface area contributed by atoms with Gasteiger partial charge in [-0.15, -0.1) is 22.7 Å². The van der Waals surface area contributed by atoms with E-state index in [1.165, 1.54) is 11.3 Å². The molecule has 0 saturated heterocycles. The zero-order valence-electron chi connectivity index (χ0n) is 15.2. The number of fused-ring (bicyclic) bond motifs is 2. The number of rotatable bonds is 7. The first-order chi connectivity index (χ1) is 13.9. The summed E-state index contributed by atoms with van der Waals surface area (Å²) in [5.41, 5.74) is 3.05. The van der Waals surface area contributed by atoms with Gasteiger partial charge >= 0.3 is 0 Å². The summed E-state index contributed by atoms with van der Waals surface area (Å²) < 4.78 is 30.0. The molecule has 150 valence electrons. The van der Waals surface area contributed by atoms with Crippen molar-refractivity contribution in [2.24, 2.45) is 0 Å². The van der Waals surface area contributed by atoms with Crippen molar-refractivity contribution in [3.05, 3.63) is 70.4 Å². The Labute approximate surface area is 175 Å². The average molecular weight is 447 g/mol. The van der Waals surface area contributed by atoms with Gasteiger partial charge in [-0.2, -0.15) is 0 Å². The van der Waals surface area contributed by atoms with Gasteiger partial charge in [-0.1, -0.05) is 24.3 Å². The summed E-state index contributed by atoms with van der Waals surface area (Å²) in [6.45, 7) is 0. The minimum atomic E-state index is -3.81. The molecule has 4 rings (SSSR count). The first kappa shape index (κ1) is 20.0. The summed E-state index contributed by atoms with van der Waals surface area (Å²) in [6.07, 6.45) is 0.138. The van der Waals surface area contributed by atoms with Gasteiger partial charge in [0.2, 0.25) is 10.0 Å². The second-order valence-corrected chi connectivity index (χ2v) is 10.3. The summed E-state index contributed by atoms with van der Waals surface area (Å²) in [4.78, 5) is 12.2. The number of sulfonamides is 1. The smallest absolute Gasteiger partial charge is 0.261 e. The molecule has 0 aliphatic heterocycles. The highest BCUT2D eigenvalue weighted by Gasteiger charge is 2.26. The van der Waals surface area contributed by atoms with Crippen LogP contribution in [0.3, 0.4) is 0 Å². The van der Waals surface area contributed by atoms with E-state index in [2.05, 4.69) is 4.72 Å². The molecule has 0 fully saturated rings. The molecule has 2 aromatic carbocycles. The molecule has 0 bridgehead atoms. The fraction of sp³-hybridized carbons (Fsp3) is 0.150. The molecule has 2 aromatic heterocycles. The lowest BCUT2D eigenvalue weighted by molar-refractivity contribution is -0.130. The van der Waals surface area contributed by atoms with Crippen LogP contribution in [0.5, 0.6) is 0 Å². The van der Waals surface area contributed by atoms with Crippen LogP contribution in [0.2, 0.25) is 0 Å². The van der Waals surface area contributed by atoms with Crippen molar-refractivity contribution in [1.82, 2.24) is 10.2 Å². The van der Waals surface area contributed by atoms with Gasteiger partial charge in [0.1, 0.15) is 6.04 Å². The highest BCUT2D eigenvalue weighted by atomic mass is 32.2. The molecule has 1 amide bonds. The molecule has 1 unspecified atom stereocenters. The number of hydroxylamine groups is 1. The van der Waals surface area contributed by atoms with E-state index >= 15 is 0 Å². The normalized spacial score (nSPS) is 13.0. The molecular weight excluding hydrogens is 428 g/mol. The molecule has 0 saturated carbocycles. The molecule has 9 heteroatoms. The van der Waals surface area contributed by atoms with E-state index in [-0.39, 0.29) is 12.2 Å². The highest BCUT2D eigenvalue weighted by molar-refractivity contribution is 7.88. The Bertz CT molecular complexity index is 1280. The molecule has 3 N–H and O–H groups in total. The van der Waals surface area contributed by atoms with Crippen molar-refractivity contribution in [1.29, 1.82) is 0 Å². The zero-order valence-corrected chi connectivity index (χ0v) is 17.6. The lowest BCUT2D eigenvalue weighted by atomic mass is 10.1. The van der Waals surface area contributed by atoms with E-state index < -0.39 is 22.0 Å². The van der Waals surface area contributed by atoms with Crippen LogP contribution < -0.4 is 10.2 Å².